The number of rotatable bonds is 4. The van der Waals surface area contributed by atoms with Gasteiger partial charge in [0.25, 0.3) is 5.91 Å². The van der Waals surface area contributed by atoms with Gasteiger partial charge < -0.3 is 15.1 Å². The highest BCUT2D eigenvalue weighted by Crippen LogP contribution is 2.35. The average Bonchev–Trinajstić information content (AvgIpc) is 2.50. The van der Waals surface area contributed by atoms with E-state index in [4.69, 9.17) is 0 Å². The first-order chi connectivity index (χ1) is 9.63. The number of hydrogen-bond donors (Lipinski definition) is 2. The molecule has 1 aliphatic heterocycles. The lowest BCUT2D eigenvalue weighted by molar-refractivity contribution is -0.0720. The van der Waals surface area contributed by atoms with Crippen LogP contribution in [0.2, 0.25) is 0 Å². The molecule has 2 heterocycles. The maximum Gasteiger partial charge on any atom is 0.253 e. The number of aliphatic hydroxyl groups excluding tert-OH is 2. The van der Waals surface area contributed by atoms with Crippen LogP contribution in [-0.4, -0.2) is 51.8 Å². The zero-order valence-electron chi connectivity index (χ0n) is 11.8. The predicted molar refractivity (Wildman–Crippen MR) is 75.2 cm³/mol. The van der Waals surface area contributed by atoms with Crippen molar-refractivity contribution in [2.24, 2.45) is 5.41 Å². The van der Waals surface area contributed by atoms with Crippen molar-refractivity contribution in [2.45, 2.75) is 32.3 Å². The molecule has 2 atom stereocenters. The molecule has 0 unspecified atom stereocenters. The van der Waals surface area contributed by atoms with Gasteiger partial charge in [-0.1, -0.05) is 13.3 Å². The highest BCUT2D eigenvalue weighted by atomic mass is 16.3. The SMILES string of the molecule is CCC[C@@]1(CO)CN(C(=O)c2ccncc2)CC[C@@H]1O. The molecule has 1 aromatic rings. The molecule has 1 saturated heterocycles. The molecule has 5 heteroatoms. The average molecular weight is 278 g/mol. The van der Waals surface area contributed by atoms with Gasteiger partial charge in [-0.25, -0.2) is 0 Å². The van der Waals surface area contributed by atoms with Crippen molar-refractivity contribution in [2.75, 3.05) is 19.7 Å². The first kappa shape index (κ1) is 14.9. The largest absolute Gasteiger partial charge is 0.396 e. The maximum absolute atomic E-state index is 12.4. The Labute approximate surface area is 119 Å². The molecule has 20 heavy (non-hydrogen) atoms. The Morgan fingerprint density at radius 3 is 2.80 bits per heavy atom. The smallest absolute Gasteiger partial charge is 0.253 e. The minimum absolute atomic E-state index is 0.0618. The van der Waals surface area contributed by atoms with Crippen molar-refractivity contribution in [3.8, 4) is 0 Å². The van der Waals surface area contributed by atoms with Crippen LogP contribution in [0.1, 0.15) is 36.5 Å². The van der Waals surface area contributed by atoms with E-state index in [1.807, 2.05) is 6.92 Å². The summed E-state index contributed by atoms with van der Waals surface area (Å²) in [7, 11) is 0. The molecule has 1 amide bonds. The van der Waals surface area contributed by atoms with E-state index in [0.717, 1.165) is 6.42 Å². The second-order valence-electron chi connectivity index (χ2n) is 5.54. The molecule has 0 saturated carbocycles. The molecule has 1 aliphatic rings. The number of piperidine rings is 1. The van der Waals surface area contributed by atoms with E-state index in [0.29, 0.717) is 31.5 Å². The second-order valence-corrected chi connectivity index (χ2v) is 5.54. The van der Waals surface area contributed by atoms with Crippen LogP contribution >= 0.6 is 0 Å². The molecule has 0 spiro atoms. The van der Waals surface area contributed by atoms with E-state index < -0.39 is 11.5 Å². The molecule has 1 aromatic heterocycles. The molecule has 1 fully saturated rings. The lowest BCUT2D eigenvalue weighted by Gasteiger charge is -2.45. The summed E-state index contributed by atoms with van der Waals surface area (Å²) in [4.78, 5) is 18.1. The van der Waals surface area contributed by atoms with Crippen LogP contribution in [0, 0.1) is 5.41 Å². The number of aromatic nitrogens is 1. The highest BCUT2D eigenvalue weighted by molar-refractivity contribution is 5.94. The van der Waals surface area contributed by atoms with E-state index in [-0.39, 0.29) is 12.5 Å². The van der Waals surface area contributed by atoms with Crippen molar-refractivity contribution in [1.82, 2.24) is 9.88 Å². The number of carbonyl (C=O) groups is 1. The fourth-order valence-corrected chi connectivity index (χ4v) is 2.98. The molecule has 2 rings (SSSR count). The standard InChI is InChI=1S/C15H22N2O3/c1-2-6-15(11-18)10-17(9-5-13(15)19)14(20)12-3-7-16-8-4-12/h3-4,7-8,13,18-19H,2,5-6,9-11H2,1H3/t13-,15-/m0/s1. The summed E-state index contributed by atoms with van der Waals surface area (Å²) in [6, 6.07) is 3.38. The zero-order valence-corrected chi connectivity index (χ0v) is 11.8. The molecule has 0 aromatic carbocycles. The Balaban J connectivity index is 2.16. The number of nitrogens with zero attached hydrogens (tertiary/aromatic N) is 2. The first-order valence-electron chi connectivity index (χ1n) is 7.11. The summed E-state index contributed by atoms with van der Waals surface area (Å²) in [5.41, 5.74) is 0.00936. The second kappa shape index (κ2) is 6.33. The fourth-order valence-electron chi connectivity index (χ4n) is 2.98. The Morgan fingerprint density at radius 1 is 1.50 bits per heavy atom. The Kier molecular flexibility index (Phi) is 4.73. The molecule has 110 valence electrons. The molecular formula is C15H22N2O3. The van der Waals surface area contributed by atoms with Crippen LogP contribution in [0.5, 0.6) is 0 Å². The van der Waals surface area contributed by atoms with Gasteiger partial charge >= 0.3 is 0 Å². The third-order valence-corrected chi connectivity index (χ3v) is 4.16. The van der Waals surface area contributed by atoms with Crippen molar-refractivity contribution < 1.29 is 15.0 Å². The summed E-state index contributed by atoms with van der Waals surface area (Å²) in [5, 5.41) is 19.9. The van der Waals surface area contributed by atoms with Crippen LogP contribution in [0.25, 0.3) is 0 Å². The van der Waals surface area contributed by atoms with Gasteiger partial charge in [0.1, 0.15) is 0 Å². The third kappa shape index (κ3) is 2.83. The Morgan fingerprint density at radius 2 is 2.20 bits per heavy atom. The van der Waals surface area contributed by atoms with E-state index in [1.165, 1.54) is 0 Å². The van der Waals surface area contributed by atoms with E-state index in [1.54, 1.807) is 29.4 Å². The van der Waals surface area contributed by atoms with Crippen LogP contribution in [0.3, 0.4) is 0 Å². The summed E-state index contributed by atoms with van der Waals surface area (Å²) in [6.45, 7) is 2.85. The third-order valence-electron chi connectivity index (χ3n) is 4.16. The normalized spacial score (nSPS) is 26.6. The molecule has 0 aliphatic carbocycles. The minimum atomic E-state index is -0.588. The van der Waals surface area contributed by atoms with Crippen LogP contribution in [0.15, 0.2) is 24.5 Å². The molecule has 2 N–H and O–H groups in total. The number of carbonyl (C=O) groups excluding carboxylic acids is 1. The van der Waals surface area contributed by atoms with E-state index in [2.05, 4.69) is 4.98 Å². The molecule has 0 radical (unpaired) electrons. The topological polar surface area (TPSA) is 73.7 Å². The monoisotopic (exact) mass is 278 g/mol. The van der Waals surface area contributed by atoms with Crippen molar-refractivity contribution in [3.05, 3.63) is 30.1 Å². The van der Waals surface area contributed by atoms with Gasteiger partial charge in [0, 0.05) is 36.5 Å². The predicted octanol–water partition coefficient (Wildman–Crippen LogP) is 1.07. The van der Waals surface area contributed by atoms with Gasteiger partial charge in [-0.3, -0.25) is 9.78 Å². The zero-order chi connectivity index (χ0) is 14.6. The number of pyridine rings is 1. The van der Waals surface area contributed by atoms with Crippen molar-refractivity contribution >= 4 is 5.91 Å². The van der Waals surface area contributed by atoms with E-state index >= 15 is 0 Å². The van der Waals surface area contributed by atoms with Gasteiger partial charge in [0.15, 0.2) is 0 Å². The van der Waals surface area contributed by atoms with Crippen LogP contribution in [-0.2, 0) is 0 Å². The molecule has 5 nitrogen and oxygen atoms in total. The Hall–Kier alpha value is -1.46. The van der Waals surface area contributed by atoms with Gasteiger partial charge in [-0.15, -0.1) is 0 Å². The number of likely N-dealkylation sites (tertiary alicyclic amines) is 1. The quantitative estimate of drug-likeness (QED) is 0.864. The van der Waals surface area contributed by atoms with Crippen molar-refractivity contribution in [1.29, 1.82) is 0 Å². The molecular weight excluding hydrogens is 256 g/mol. The summed E-state index contributed by atoms with van der Waals surface area (Å²) < 4.78 is 0. The van der Waals surface area contributed by atoms with Gasteiger partial charge in [0.05, 0.1) is 12.7 Å². The van der Waals surface area contributed by atoms with Crippen LogP contribution in [0.4, 0.5) is 0 Å². The van der Waals surface area contributed by atoms with Gasteiger partial charge in [-0.2, -0.15) is 0 Å². The minimum Gasteiger partial charge on any atom is -0.396 e. The van der Waals surface area contributed by atoms with Crippen molar-refractivity contribution in [3.63, 3.8) is 0 Å². The highest BCUT2D eigenvalue weighted by Gasteiger charge is 2.42. The van der Waals surface area contributed by atoms with E-state index in [9.17, 15) is 15.0 Å². The fraction of sp³-hybridized carbons (Fsp3) is 0.600. The number of hydrogen-bond acceptors (Lipinski definition) is 4. The lowest BCUT2D eigenvalue weighted by atomic mass is 9.74. The van der Waals surface area contributed by atoms with Crippen LogP contribution < -0.4 is 0 Å². The summed E-state index contributed by atoms with van der Waals surface area (Å²) in [6.07, 6.45) is 4.74. The molecule has 0 bridgehead atoms. The number of aliphatic hydroxyl groups is 2. The Bertz CT molecular complexity index is 452. The summed E-state index contributed by atoms with van der Waals surface area (Å²) >= 11 is 0. The number of amides is 1. The van der Waals surface area contributed by atoms with Gasteiger partial charge in [-0.05, 0) is 25.0 Å². The summed E-state index contributed by atoms with van der Waals surface area (Å²) in [5.74, 6) is -0.0618. The first-order valence-corrected chi connectivity index (χ1v) is 7.11. The maximum atomic E-state index is 12.4. The van der Waals surface area contributed by atoms with Gasteiger partial charge in [0.2, 0.25) is 0 Å². The lowest BCUT2D eigenvalue weighted by Crippen LogP contribution is -2.55.